The van der Waals surface area contributed by atoms with E-state index in [1.807, 2.05) is 0 Å². The van der Waals surface area contributed by atoms with Crippen molar-refractivity contribution in [1.82, 2.24) is 5.32 Å². The number of allylic oxidation sites excluding steroid dienone is 16. The van der Waals surface area contributed by atoms with Gasteiger partial charge in [0.1, 0.15) is 17.7 Å². The second kappa shape index (κ2) is 17.2. The first-order chi connectivity index (χ1) is 33.2. The van der Waals surface area contributed by atoms with E-state index in [-0.39, 0.29) is 12.1 Å². The van der Waals surface area contributed by atoms with Crippen molar-refractivity contribution in [2.45, 2.75) is 88.1 Å². The van der Waals surface area contributed by atoms with Crippen molar-refractivity contribution in [3.8, 4) is 11.1 Å². The van der Waals surface area contributed by atoms with Gasteiger partial charge in [-0.05, 0) is 132 Å². The summed E-state index contributed by atoms with van der Waals surface area (Å²) in [5.74, 6) is 4.26. The van der Waals surface area contributed by atoms with E-state index in [1.54, 1.807) is 5.57 Å². The van der Waals surface area contributed by atoms with E-state index < -0.39 is 0 Å². The largest absolute Gasteiger partial charge is 0.460 e. The van der Waals surface area contributed by atoms with E-state index in [1.165, 1.54) is 116 Å². The molecule has 0 spiro atoms. The Kier molecular flexibility index (Phi) is 10.4. The highest BCUT2D eigenvalue weighted by Crippen LogP contribution is 2.57. The van der Waals surface area contributed by atoms with Crippen LogP contribution >= 0.6 is 0 Å². The second-order valence-electron chi connectivity index (χ2n) is 20.1. The lowest BCUT2D eigenvalue weighted by molar-refractivity contribution is 0.362. The van der Waals surface area contributed by atoms with Crippen LogP contribution in [0, 0.1) is 17.8 Å². The van der Waals surface area contributed by atoms with Gasteiger partial charge in [0.2, 0.25) is 0 Å². The van der Waals surface area contributed by atoms with Gasteiger partial charge < -0.3 is 9.73 Å². The van der Waals surface area contributed by atoms with Gasteiger partial charge >= 0.3 is 0 Å². The number of fused-ring (bicyclic) bond motifs is 9. The Bertz CT molecular complexity index is 3240. The van der Waals surface area contributed by atoms with Gasteiger partial charge in [0.15, 0.2) is 0 Å². The first-order valence-corrected chi connectivity index (χ1v) is 25.3. The molecule has 7 aliphatic rings. The summed E-state index contributed by atoms with van der Waals surface area (Å²) >= 11 is 0. The number of hydrogen-bond acceptors (Lipinski definition) is 3. The number of hydrogen-bond donors (Lipinski definition) is 1. The van der Waals surface area contributed by atoms with E-state index in [2.05, 4.69) is 187 Å². The van der Waals surface area contributed by atoms with E-state index >= 15 is 0 Å². The zero-order valence-electron chi connectivity index (χ0n) is 38.3. The average molecular weight is 871 g/mol. The van der Waals surface area contributed by atoms with Crippen LogP contribution in [-0.2, 0) is 0 Å². The van der Waals surface area contributed by atoms with Gasteiger partial charge in [-0.25, -0.2) is 0 Å². The fourth-order valence-corrected chi connectivity index (χ4v) is 12.8. The summed E-state index contributed by atoms with van der Waals surface area (Å²) in [4.78, 5) is 5.45. The zero-order chi connectivity index (χ0) is 44.3. The molecular weight excluding hydrogens is 813 g/mol. The summed E-state index contributed by atoms with van der Waals surface area (Å²) in [5, 5.41) is 11.7. The van der Waals surface area contributed by atoms with E-state index in [0.717, 1.165) is 37.2 Å². The molecule has 3 nitrogen and oxygen atoms in total. The Labute approximate surface area is 395 Å². The molecule has 1 aromatic heterocycles. The first kappa shape index (κ1) is 40.6. The Morgan fingerprint density at radius 1 is 0.612 bits per heavy atom. The molecule has 3 heteroatoms. The first-order valence-electron chi connectivity index (χ1n) is 25.3. The van der Waals surface area contributed by atoms with Crippen LogP contribution in [0.3, 0.4) is 0 Å². The van der Waals surface area contributed by atoms with E-state index in [9.17, 15) is 0 Å². The van der Waals surface area contributed by atoms with Crippen molar-refractivity contribution in [3.05, 3.63) is 222 Å². The minimum atomic E-state index is 0.0120. The van der Waals surface area contributed by atoms with Crippen LogP contribution in [0.5, 0.6) is 0 Å². The SMILES string of the molecule is C1=CCC(C2N=C(c3cccc(C4C=C(c5oc6c(c5-c5ccc7c8ccccc8c8ccccc8c7c5)C5CCCC=C5CC6C5C=CC=CC5)C=CC4)c3)C=C(C3C=CCCC3)N2)C=C1. The summed E-state index contributed by atoms with van der Waals surface area (Å²) in [6, 6.07) is 34.5. The Balaban J connectivity index is 0.954. The molecule has 0 radical (unpaired) electrons. The van der Waals surface area contributed by atoms with Crippen molar-refractivity contribution in [1.29, 1.82) is 0 Å². The van der Waals surface area contributed by atoms with Crippen LogP contribution in [0.2, 0.25) is 0 Å². The number of furan rings is 1. The van der Waals surface area contributed by atoms with Crippen LogP contribution in [0.25, 0.3) is 49.0 Å². The van der Waals surface area contributed by atoms with Crippen LogP contribution < -0.4 is 5.32 Å². The molecule has 1 aliphatic heterocycles. The summed E-state index contributed by atoms with van der Waals surface area (Å²) in [6.07, 6.45) is 46.4. The van der Waals surface area contributed by atoms with Crippen LogP contribution in [0.4, 0.5) is 0 Å². The highest BCUT2D eigenvalue weighted by atomic mass is 16.3. The summed E-state index contributed by atoms with van der Waals surface area (Å²) in [5.41, 5.74) is 11.7. The molecule has 13 rings (SSSR count). The van der Waals surface area contributed by atoms with Crippen LogP contribution in [-0.4, -0.2) is 11.9 Å². The standard InChI is InChI=1S/C64H58N2O/c1-4-18-41(19-5-1)56-38-46-24-10-11-29-50(46)61-60(48-34-35-55-53-32-13-12-30-51(53)52-31-14-15-33-54(52)57(55)39-48)62(67-63(56)61)49-28-17-26-45(37-49)44-25-16-27-47(36-44)59-40-58(42-20-6-2-7-21-42)65-64(66-59)43-22-8-3-9-23-43/h1,3-6,8-9,12-18,20,22,24-25,27-28,30-37,39-43,45,50,56,64-65H,2,7,10-11,19,21,23,26,29,38H2. The monoisotopic (exact) mass is 870 g/mol. The van der Waals surface area contributed by atoms with Gasteiger partial charge in [-0.15, -0.1) is 0 Å². The minimum Gasteiger partial charge on any atom is -0.460 e. The van der Waals surface area contributed by atoms with E-state index in [4.69, 9.17) is 9.41 Å². The maximum absolute atomic E-state index is 7.60. The lowest BCUT2D eigenvalue weighted by Crippen LogP contribution is -2.39. The van der Waals surface area contributed by atoms with Crippen molar-refractivity contribution in [3.63, 3.8) is 0 Å². The summed E-state index contributed by atoms with van der Waals surface area (Å²) in [6.45, 7) is 0. The molecule has 0 saturated heterocycles. The fraction of sp³-hybridized carbons (Fsp3) is 0.266. The molecule has 0 saturated carbocycles. The molecule has 6 aromatic rings. The lowest BCUT2D eigenvalue weighted by Gasteiger charge is -2.36. The van der Waals surface area contributed by atoms with Crippen molar-refractivity contribution in [2.75, 3.05) is 0 Å². The third-order valence-electron chi connectivity index (χ3n) is 16.1. The van der Waals surface area contributed by atoms with Crippen molar-refractivity contribution in [2.24, 2.45) is 22.7 Å². The highest BCUT2D eigenvalue weighted by molar-refractivity contribution is 6.25. The zero-order valence-corrected chi connectivity index (χ0v) is 38.3. The molecule has 7 unspecified atom stereocenters. The van der Waals surface area contributed by atoms with Gasteiger partial charge in [0.05, 0.1) is 5.71 Å². The van der Waals surface area contributed by atoms with Gasteiger partial charge in [0.25, 0.3) is 0 Å². The number of nitrogens with zero attached hydrogens (tertiary/aromatic N) is 1. The Morgan fingerprint density at radius 3 is 2.13 bits per heavy atom. The molecule has 67 heavy (non-hydrogen) atoms. The summed E-state index contributed by atoms with van der Waals surface area (Å²) < 4.78 is 7.60. The molecule has 5 aromatic carbocycles. The molecule has 1 N–H and O–H groups in total. The predicted molar refractivity (Wildman–Crippen MR) is 280 cm³/mol. The van der Waals surface area contributed by atoms with Gasteiger partial charge in [-0.3, -0.25) is 4.99 Å². The Hall–Kier alpha value is -6.71. The molecule has 0 bridgehead atoms. The maximum atomic E-state index is 7.60. The molecule has 7 atom stereocenters. The Morgan fingerprint density at radius 2 is 1.37 bits per heavy atom. The van der Waals surface area contributed by atoms with E-state index in [0.29, 0.717) is 29.6 Å². The number of nitrogens with one attached hydrogen (secondary N) is 1. The molecule has 0 fully saturated rings. The molecular formula is C64H58N2O. The lowest BCUT2D eigenvalue weighted by atomic mass is 9.67. The predicted octanol–water partition coefficient (Wildman–Crippen LogP) is 16.4. The molecule has 2 heterocycles. The van der Waals surface area contributed by atoms with Crippen molar-refractivity contribution < 1.29 is 4.42 Å². The normalized spacial score (nSPS) is 26.5. The smallest absolute Gasteiger partial charge is 0.142 e. The third kappa shape index (κ3) is 7.30. The van der Waals surface area contributed by atoms with Gasteiger partial charge in [-0.1, -0.05) is 170 Å². The fourth-order valence-electron chi connectivity index (χ4n) is 12.8. The van der Waals surface area contributed by atoms with Crippen LogP contribution in [0.15, 0.2) is 203 Å². The molecule has 330 valence electrons. The maximum Gasteiger partial charge on any atom is 0.142 e. The highest BCUT2D eigenvalue weighted by Gasteiger charge is 2.42. The topological polar surface area (TPSA) is 37.5 Å². The molecule has 0 amide bonds. The third-order valence-corrected chi connectivity index (χ3v) is 16.1. The summed E-state index contributed by atoms with van der Waals surface area (Å²) in [7, 11) is 0. The van der Waals surface area contributed by atoms with Gasteiger partial charge in [-0.2, -0.15) is 0 Å². The minimum absolute atomic E-state index is 0.0120. The number of benzene rings is 5. The van der Waals surface area contributed by atoms with Crippen LogP contribution in [0.1, 0.15) is 110 Å². The second-order valence-corrected chi connectivity index (χ2v) is 20.1. The van der Waals surface area contributed by atoms with Crippen molar-refractivity contribution >= 4 is 43.6 Å². The van der Waals surface area contributed by atoms with Gasteiger partial charge in [0, 0.05) is 57.6 Å². The quantitative estimate of drug-likeness (QED) is 0.128. The molecule has 6 aliphatic carbocycles. The number of aliphatic imine (C=N–C) groups is 1. The average Bonchev–Trinajstić information content (AvgIpc) is 3.83. The number of rotatable bonds is 7.